The standard InChI is InChI=1S/C38H49N16O26P3/c39-15-1-3-52(38(64)45-15)33-21(59)24(11(5-55)74-33)78-82(67,68)72-7-13-25(22(60)32(76-13)51-4-2-16(56)46-36(51)42)79-83(69,70)73-8-14-26(23(61)34(77-14)53-9-43-17-27(40)47-37(63)49-28(17)53)80-81(65,66)71-6-12-19(57)20(58)31(75-12)54-10-44-18-29(54)48-35(41)50-30(18)62/h1-4,9-14,19-26,31-34,55,57-61H,5-8H2,(H,65,66)(H,67,68)(H,69,70)(H2,39,45,64)(H2,42,46,56)(H3,40,47,49,63)(H3,41,48,50,62)/t11-,12-,13-,14-,19-,20-,21-,22-,23-,24-,25-,26-,31-,32-,33-,34-/m1/s1. The van der Waals surface area contributed by atoms with Gasteiger partial charge in [-0.25, -0.2) is 33.3 Å². The van der Waals surface area contributed by atoms with Crippen LogP contribution in [0.5, 0.6) is 0 Å². The molecule has 0 radical (unpaired) electrons. The topological polar surface area (TPSA) is 627 Å². The molecular weight excluding hydrogens is 1190 g/mol. The van der Waals surface area contributed by atoms with Gasteiger partial charge in [0.05, 0.1) is 39.1 Å². The molecule has 0 amide bonds. The minimum absolute atomic E-state index is 0.136. The van der Waals surface area contributed by atoms with Crippen LogP contribution in [0.3, 0.4) is 0 Å². The number of hydrogen-bond donors (Lipinski definition) is 15. The normalized spacial score (nSPS) is 32.3. The van der Waals surface area contributed by atoms with E-state index in [1.165, 1.54) is 6.07 Å². The summed E-state index contributed by atoms with van der Waals surface area (Å²) in [7, 11) is -16.8. The minimum Gasteiger partial charge on any atom is -0.394 e. The first-order valence-corrected chi connectivity index (χ1v) is 28.4. The number of nitrogens with zero attached hydrogens (tertiary/aromatic N) is 10. The van der Waals surface area contributed by atoms with Gasteiger partial charge in [0.25, 0.3) is 11.1 Å². The fourth-order valence-corrected chi connectivity index (χ4v) is 12.2. The number of aliphatic hydroxyl groups is 6. The number of nitrogens with one attached hydrogen (secondary N) is 2. The zero-order chi connectivity index (χ0) is 59.8. The van der Waals surface area contributed by atoms with Crippen LogP contribution in [0.1, 0.15) is 24.9 Å². The van der Waals surface area contributed by atoms with Crippen molar-refractivity contribution < 1.29 is 105 Å². The Labute approximate surface area is 458 Å². The molecule has 4 aliphatic rings. The predicted molar refractivity (Wildman–Crippen MR) is 266 cm³/mol. The second-order valence-electron chi connectivity index (χ2n) is 18.5. The summed E-state index contributed by atoms with van der Waals surface area (Å²) in [6.07, 6.45) is -26.1. The Hall–Kier alpha value is -6.41. The van der Waals surface area contributed by atoms with Crippen molar-refractivity contribution in [3.8, 4) is 0 Å². The molecule has 4 fully saturated rings. The van der Waals surface area contributed by atoms with Gasteiger partial charge >= 0.3 is 34.8 Å². The van der Waals surface area contributed by atoms with Crippen LogP contribution in [0.4, 0.5) is 23.5 Å². The molecule has 19 atom stereocenters. The van der Waals surface area contributed by atoms with Crippen molar-refractivity contribution in [2.75, 3.05) is 49.4 Å². The quantitative estimate of drug-likeness (QED) is 0.0316. The maximum absolute atomic E-state index is 14.0. The molecular formula is C38H49N16O26P3. The fourth-order valence-electron chi connectivity index (χ4n) is 9.34. The Morgan fingerprint density at radius 1 is 0.554 bits per heavy atom. The summed E-state index contributed by atoms with van der Waals surface area (Å²) in [5.74, 6) is -1.42. The predicted octanol–water partition coefficient (Wildman–Crippen LogP) is -7.01. The third-order valence-corrected chi connectivity index (χ3v) is 16.1. The summed E-state index contributed by atoms with van der Waals surface area (Å²) in [6, 6.07) is 2.04. The number of H-pyrrole nitrogens is 2. The lowest BCUT2D eigenvalue weighted by molar-refractivity contribution is -0.0637. The third-order valence-electron chi connectivity index (χ3n) is 13.2. The van der Waals surface area contributed by atoms with Gasteiger partial charge in [0, 0.05) is 18.5 Å². The van der Waals surface area contributed by atoms with Crippen molar-refractivity contribution in [1.29, 1.82) is 0 Å². The zero-order valence-corrected chi connectivity index (χ0v) is 44.3. The first-order chi connectivity index (χ1) is 39.1. The van der Waals surface area contributed by atoms with Gasteiger partial charge in [0.1, 0.15) is 90.4 Å². The Kier molecular flexibility index (Phi) is 16.5. The molecule has 19 N–H and O–H groups in total. The van der Waals surface area contributed by atoms with Crippen LogP contribution >= 0.6 is 23.5 Å². The number of imidazole rings is 2. The van der Waals surface area contributed by atoms with Gasteiger partial charge in [-0.2, -0.15) is 19.9 Å². The van der Waals surface area contributed by atoms with Crippen molar-refractivity contribution in [1.82, 2.24) is 58.1 Å². The highest BCUT2D eigenvalue weighted by atomic mass is 31.2. The Balaban J connectivity index is 0.862. The van der Waals surface area contributed by atoms with Gasteiger partial charge in [-0.1, -0.05) is 0 Å². The summed E-state index contributed by atoms with van der Waals surface area (Å²) >= 11 is 0. The highest BCUT2D eigenvalue weighted by molar-refractivity contribution is 7.48. The minimum atomic E-state index is -5.74. The van der Waals surface area contributed by atoms with E-state index >= 15 is 0 Å². The molecule has 452 valence electrons. The van der Waals surface area contributed by atoms with Crippen molar-refractivity contribution in [3.63, 3.8) is 0 Å². The number of anilines is 4. The highest BCUT2D eigenvalue weighted by Crippen LogP contribution is 2.54. The number of nitrogen functional groups attached to an aromatic ring is 4. The molecule has 42 nitrogen and oxygen atoms in total. The molecule has 10 heterocycles. The maximum atomic E-state index is 14.0. The number of aromatic nitrogens is 12. The molecule has 6 aromatic rings. The summed E-state index contributed by atoms with van der Waals surface area (Å²) in [5.41, 5.74) is 18.5. The molecule has 83 heavy (non-hydrogen) atoms. The first kappa shape index (κ1) is 59.7. The van der Waals surface area contributed by atoms with E-state index in [-0.39, 0.29) is 39.9 Å². The number of phosphoric acid groups is 3. The Morgan fingerprint density at radius 3 is 1.58 bits per heavy atom. The molecule has 4 aliphatic heterocycles. The zero-order valence-electron chi connectivity index (χ0n) is 41.6. The number of hydrogen-bond acceptors (Lipinski definition) is 33. The van der Waals surface area contributed by atoms with E-state index < -0.39 is 177 Å². The molecule has 0 bridgehead atoms. The molecule has 0 aromatic carbocycles. The van der Waals surface area contributed by atoms with E-state index in [1.807, 2.05) is 0 Å². The summed E-state index contributed by atoms with van der Waals surface area (Å²) in [4.78, 5) is 110. The van der Waals surface area contributed by atoms with E-state index in [2.05, 4.69) is 39.9 Å². The SMILES string of the molecule is Nc1ccn([C@@H]2O[C@H](CO)[C@@H](OP(=O)(O)OC[C@H]3O[C@@H](n4ccc(=O)nc4N)[C@H](O)[C@@H]3OP(=O)(O)OC[C@H]3O[C@@H](n4cnc5c(N)[nH]c(=O)nc54)[C@H](O)[C@@H]3OP(=O)(O)OC[C@H]3O[C@@H](n4cnc5c(=O)[nH]c(N)nc54)[C@H](O)[C@@H]3O)[C@H]2O)c(=O)n1. The number of ether oxygens (including phenoxy) is 4. The lowest BCUT2D eigenvalue weighted by atomic mass is 10.1. The van der Waals surface area contributed by atoms with Gasteiger partial charge in [-0.15, -0.1) is 0 Å². The smallest absolute Gasteiger partial charge is 0.394 e. The monoisotopic (exact) mass is 1240 g/mol. The van der Waals surface area contributed by atoms with Crippen molar-refractivity contribution in [2.45, 2.75) is 98.2 Å². The molecule has 6 aromatic heterocycles. The van der Waals surface area contributed by atoms with Crippen molar-refractivity contribution in [2.24, 2.45) is 0 Å². The fraction of sp³-hybridized carbons (Fsp3) is 0.526. The molecule has 0 saturated carbocycles. The van der Waals surface area contributed by atoms with Crippen LogP contribution in [0.15, 0.2) is 56.4 Å². The highest BCUT2D eigenvalue weighted by Gasteiger charge is 2.55. The molecule has 10 rings (SSSR count). The summed E-state index contributed by atoms with van der Waals surface area (Å²) < 4.78 is 99.1. The van der Waals surface area contributed by atoms with Crippen LogP contribution in [0.2, 0.25) is 0 Å². The van der Waals surface area contributed by atoms with Crippen molar-refractivity contribution in [3.05, 3.63) is 78.9 Å². The lowest BCUT2D eigenvalue weighted by Crippen LogP contribution is -2.38. The summed E-state index contributed by atoms with van der Waals surface area (Å²) in [6.45, 7) is -4.48. The average molecular weight is 1240 g/mol. The second kappa shape index (κ2) is 22.9. The maximum Gasteiger partial charge on any atom is 0.472 e. The number of rotatable bonds is 20. The van der Waals surface area contributed by atoms with E-state index in [9.17, 15) is 78.2 Å². The largest absolute Gasteiger partial charge is 0.472 e. The first-order valence-electron chi connectivity index (χ1n) is 23.9. The van der Waals surface area contributed by atoms with Gasteiger partial charge in [-0.3, -0.25) is 65.0 Å². The van der Waals surface area contributed by atoms with Crippen LogP contribution in [-0.4, -0.2) is 203 Å². The van der Waals surface area contributed by atoms with Gasteiger partial charge in [-0.05, 0) is 6.07 Å². The van der Waals surface area contributed by atoms with Crippen LogP contribution in [0.25, 0.3) is 22.3 Å². The molecule has 4 saturated heterocycles. The van der Waals surface area contributed by atoms with Gasteiger partial charge in [0.2, 0.25) is 11.9 Å². The number of fused-ring (bicyclic) bond motifs is 2. The molecule has 0 aliphatic carbocycles. The number of phosphoric ester groups is 3. The Morgan fingerprint density at radius 2 is 1.02 bits per heavy atom. The average Bonchev–Trinajstić information content (AvgIpc) is 3.07. The van der Waals surface area contributed by atoms with Crippen LogP contribution in [0, 0.1) is 0 Å². The molecule has 3 unspecified atom stereocenters. The molecule has 45 heteroatoms. The van der Waals surface area contributed by atoms with Gasteiger partial charge in [0.15, 0.2) is 41.7 Å². The summed E-state index contributed by atoms with van der Waals surface area (Å²) in [5, 5.41) is 66.2. The van der Waals surface area contributed by atoms with Gasteiger partial charge < -0.3 is 87.2 Å². The number of aliphatic hydroxyl groups excluding tert-OH is 6. The van der Waals surface area contributed by atoms with Crippen LogP contribution < -0.4 is 45.4 Å². The van der Waals surface area contributed by atoms with Crippen molar-refractivity contribution >= 4 is 69.3 Å². The van der Waals surface area contributed by atoms with Crippen LogP contribution in [-0.2, 0) is 59.8 Å². The lowest BCUT2D eigenvalue weighted by Gasteiger charge is -2.26. The number of aromatic amines is 2. The Bertz CT molecular complexity index is 3810. The van der Waals surface area contributed by atoms with E-state index in [0.717, 1.165) is 49.4 Å². The van der Waals surface area contributed by atoms with E-state index in [4.69, 9.17) is 69.0 Å². The molecule has 0 spiro atoms. The van der Waals surface area contributed by atoms with E-state index in [0.29, 0.717) is 0 Å². The number of nitrogens with two attached hydrogens (primary N) is 4. The van der Waals surface area contributed by atoms with E-state index in [1.54, 1.807) is 0 Å². The second-order valence-corrected chi connectivity index (χ2v) is 22.7. The third kappa shape index (κ3) is 12.0.